The first kappa shape index (κ1) is 14.1. The van der Waals surface area contributed by atoms with Crippen LogP contribution < -0.4 is 16.0 Å². The van der Waals surface area contributed by atoms with E-state index in [-0.39, 0.29) is 18.3 Å². The average molecular weight is 283 g/mol. The van der Waals surface area contributed by atoms with Gasteiger partial charge in [-0.1, -0.05) is 30.3 Å². The van der Waals surface area contributed by atoms with Gasteiger partial charge < -0.3 is 10.2 Å². The zero-order chi connectivity index (χ0) is 14.6. The topological polar surface area (TPSA) is 60.2 Å². The SMILES string of the molecule is NNc1cc(C(F)(F)F)cc(OCc2ccccc2)n1. The standard InChI is InChI=1S/C13H12F3N3O/c14-13(15,16)10-6-11(19-17)18-12(7-10)20-8-9-4-2-1-3-5-9/h1-7H,8,17H2,(H,18,19). The minimum atomic E-state index is -4.49. The number of rotatable bonds is 4. The van der Waals surface area contributed by atoms with Crippen LogP contribution in [-0.2, 0) is 12.8 Å². The third-order valence-corrected chi connectivity index (χ3v) is 2.51. The van der Waals surface area contributed by atoms with Crippen LogP contribution in [0.5, 0.6) is 5.88 Å². The van der Waals surface area contributed by atoms with E-state index >= 15 is 0 Å². The van der Waals surface area contributed by atoms with E-state index in [0.717, 1.165) is 17.7 Å². The van der Waals surface area contributed by atoms with Gasteiger partial charge in [0.05, 0.1) is 5.56 Å². The van der Waals surface area contributed by atoms with Crippen LogP contribution in [0.4, 0.5) is 19.0 Å². The number of halogens is 3. The summed E-state index contributed by atoms with van der Waals surface area (Å²) in [7, 11) is 0. The van der Waals surface area contributed by atoms with E-state index in [2.05, 4.69) is 10.4 Å². The van der Waals surface area contributed by atoms with Crippen molar-refractivity contribution in [1.29, 1.82) is 0 Å². The molecule has 0 aliphatic heterocycles. The fraction of sp³-hybridized carbons (Fsp3) is 0.154. The summed E-state index contributed by atoms with van der Waals surface area (Å²) < 4.78 is 43.4. The van der Waals surface area contributed by atoms with Crippen LogP contribution in [0.2, 0.25) is 0 Å². The van der Waals surface area contributed by atoms with Crippen LogP contribution in [-0.4, -0.2) is 4.98 Å². The fourth-order valence-corrected chi connectivity index (χ4v) is 1.55. The molecule has 0 spiro atoms. The molecule has 2 rings (SSSR count). The van der Waals surface area contributed by atoms with Crippen molar-refractivity contribution in [2.45, 2.75) is 12.8 Å². The molecule has 0 aliphatic rings. The fourth-order valence-electron chi connectivity index (χ4n) is 1.55. The lowest BCUT2D eigenvalue weighted by Gasteiger charge is -2.12. The van der Waals surface area contributed by atoms with Crippen LogP contribution in [0.3, 0.4) is 0 Å². The van der Waals surface area contributed by atoms with Gasteiger partial charge in [0.2, 0.25) is 5.88 Å². The molecule has 7 heteroatoms. The van der Waals surface area contributed by atoms with Crippen LogP contribution in [0.15, 0.2) is 42.5 Å². The predicted octanol–water partition coefficient (Wildman–Crippen LogP) is 2.97. The van der Waals surface area contributed by atoms with Gasteiger partial charge in [-0.3, -0.25) is 0 Å². The molecule has 2 aromatic rings. The third-order valence-electron chi connectivity index (χ3n) is 2.51. The molecule has 1 aromatic heterocycles. The van der Waals surface area contributed by atoms with Gasteiger partial charge >= 0.3 is 6.18 Å². The van der Waals surface area contributed by atoms with Crippen molar-refractivity contribution in [3.8, 4) is 5.88 Å². The first-order chi connectivity index (χ1) is 9.49. The Morgan fingerprint density at radius 3 is 2.45 bits per heavy atom. The third kappa shape index (κ3) is 3.61. The first-order valence-corrected chi connectivity index (χ1v) is 5.71. The van der Waals surface area contributed by atoms with Crippen molar-refractivity contribution >= 4 is 5.82 Å². The molecule has 0 atom stereocenters. The van der Waals surface area contributed by atoms with Crippen molar-refractivity contribution in [1.82, 2.24) is 4.98 Å². The Morgan fingerprint density at radius 2 is 1.85 bits per heavy atom. The summed E-state index contributed by atoms with van der Waals surface area (Å²) in [5, 5.41) is 0. The number of nitrogen functional groups attached to an aromatic ring is 1. The largest absolute Gasteiger partial charge is 0.473 e. The molecular weight excluding hydrogens is 271 g/mol. The Kier molecular flexibility index (Phi) is 4.09. The van der Waals surface area contributed by atoms with Gasteiger partial charge in [-0.2, -0.15) is 18.2 Å². The summed E-state index contributed by atoms with van der Waals surface area (Å²) in [5.41, 5.74) is 2.04. The summed E-state index contributed by atoms with van der Waals surface area (Å²) >= 11 is 0. The molecule has 0 fully saturated rings. The number of alkyl halides is 3. The van der Waals surface area contributed by atoms with Crippen LogP contribution in [0.1, 0.15) is 11.1 Å². The molecule has 0 amide bonds. The monoisotopic (exact) mass is 283 g/mol. The lowest BCUT2D eigenvalue weighted by molar-refractivity contribution is -0.137. The van der Waals surface area contributed by atoms with Gasteiger partial charge in [0.25, 0.3) is 0 Å². The summed E-state index contributed by atoms with van der Waals surface area (Å²) in [6.07, 6.45) is -4.49. The maximum Gasteiger partial charge on any atom is 0.416 e. The minimum absolute atomic E-state index is 0.108. The number of hydrogen-bond donors (Lipinski definition) is 2. The van der Waals surface area contributed by atoms with Crippen LogP contribution >= 0.6 is 0 Å². The molecule has 1 aromatic carbocycles. The Labute approximate surface area is 113 Å². The Morgan fingerprint density at radius 1 is 1.15 bits per heavy atom. The van der Waals surface area contributed by atoms with E-state index < -0.39 is 11.7 Å². The summed E-state index contributed by atoms with van der Waals surface area (Å²) in [5.74, 6) is 4.85. The normalized spacial score (nSPS) is 11.2. The van der Waals surface area contributed by atoms with E-state index in [9.17, 15) is 13.2 Å². The molecule has 0 radical (unpaired) electrons. The number of pyridine rings is 1. The van der Waals surface area contributed by atoms with E-state index in [1.807, 2.05) is 18.2 Å². The summed E-state index contributed by atoms with van der Waals surface area (Å²) in [6.45, 7) is 0.124. The number of aromatic nitrogens is 1. The molecule has 20 heavy (non-hydrogen) atoms. The van der Waals surface area contributed by atoms with Crippen molar-refractivity contribution in [3.63, 3.8) is 0 Å². The van der Waals surface area contributed by atoms with Gasteiger partial charge in [0, 0.05) is 6.07 Å². The van der Waals surface area contributed by atoms with Crippen molar-refractivity contribution < 1.29 is 17.9 Å². The van der Waals surface area contributed by atoms with Crippen molar-refractivity contribution in [2.75, 3.05) is 5.43 Å². The number of nitrogens with one attached hydrogen (secondary N) is 1. The van der Waals surface area contributed by atoms with Crippen LogP contribution in [0.25, 0.3) is 0 Å². The molecule has 3 N–H and O–H groups in total. The van der Waals surface area contributed by atoms with Gasteiger partial charge in [0.15, 0.2) is 0 Å². The summed E-state index contributed by atoms with van der Waals surface area (Å²) in [6, 6.07) is 10.7. The number of nitrogens with two attached hydrogens (primary N) is 1. The highest BCUT2D eigenvalue weighted by Crippen LogP contribution is 2.32. The Hall–Kier alpha value is -2.28. The average Bonchev–Trinajstić information content (AvgIpc) is 2.45. The van der Waals surface area contributed by atoms with Gasteiger partial charge in [-0.25, -0.2) is 5.84 Å². The first-order valence-electron chi connectivity index (χ1n) is 5.71. The Bertz CT molecular complexity index is 573. The molecule has 106 valence electrons. The second kappa shape index (κ2) is 5.79. The lowest BCUT2D eigenvalue weighted by Crippen LogP contribution is -2.13. The van der Waals surface area contributed by atoms with E-state index in [1.54, 1.807) is 12.1 Å². The number of hydrazine groups is 1. The zero-order valence-electron chi connectivity index (χ0n) is 10.3. The smallest absolute Gasteiger partial charge is 0.416 e. The predicted molar refractivity (Wildman–Crippen MR) is 67.8 cm³/mol. The molecular formula is C13H12F3N3O. The highest BCUT2D eigenvalue weighted by atomic mass is 19.4. The van der Waals surface area contributed by atoms with E-state index in [4.69, 9.17) is 10.6 Å². The molecule has 0 aliphatic carbocycles. The van der Waals surface area contributed by atoms with Gasteiger partial charge in [-0.05, 0) is 11.6 Å². The molecule has 4 nitrogen and oxygen atoms in total. The highest BCUT2D eigenvalue weighted by Gasteiger charge is 2.31. The van der Waals surface area contributed by atoms with Crippen LogP contribution in [0, 0.1) is 0 Å². The quantitative estimate of drug-likeness (QED) is 0.669. The van der Waals surface area contributed by atoms with E-state index in [0.29, 0.717) is 0 Å². The zero-order valence-corrected chi connectivity index (χ0v) is 10.3. The molecule has 0 bridgehead atoms. The maximum absolute atomic E-state index is 12.7. The van der Waals surface area contributed by atoms with Gasteiger partial charge in [-0.15, -0.1) is 0 Å². The van der Waals surface area contributed by atoms with E-state index in [1.165, 1.54) is 0 Å². The minimum Gasteiger partial charge on any atom is -0.473 e. The summed E-state index contributed by atoms with van der Waals surface area (Å²) in [4.78, 5) is 3.82. The second-order valence-corrected chi connectivity index (χ2v) is 4.00. The number of anilines is 1. The van der Waals surface area contributed by atoms with Crippen molar-refractivity contribution in [3.05, 3.63) is 53.6 Å². The van der Waals surface area contributed by atoms with Crippen molar-refractivity contribution in [2.24, 2.45) is 5.84 Å². The highest BCUT2D eigenvalue weighted by molar-refractivity contribution is 5.41. The number of hydrogen-bond acceptors (Lipinski definition) is 4. The molecule has 0 saturated heterocycles. The number of benzene rings is 1. The number of nitrogens with zero attached hydrogens (tertiary/aromatic N) is 1. The lowest BCUT2D eigenvalue weighted by atomic mass is 10.2. The molecule has 0 unspecified atom stereocenters. The molecule has 0 saturated carbocycles. The molecule has 1 heterocycles. The van der Waals surface area contributed by atoms with Gasteiger partial charge in [0.1, 0.15) is 12.4 Å². The maximum atomic E-state index is 12.7. The Balaban J connectivity index is 2.19. The second-order valence-electron chi connectivity index (χ2n) is 4.00. The number of ether oxygens (including phenoxy) is 1.